The zero-order valence-electron chi connectivity index (χ0n) is 11.9. The van der Waals surface area contributed by atoms with Gasteiger partial charge in [-0.15, -0.1) is 0 Å². The molecule has 1 aromatic carbocycles. The fraction of sp³-hybridized carbons (Fsp3) is 0.533. The van der Waals surface area contributed by atoms with Crippen LogP contribution < -0.4 is 15.0 Å². The number of methoxy groups -OCH3 is 1. The number of nitrogens with one attached hydrogen (secondary N) is 1. The second-order valence-electron chi connectivity index (χ2n) is 4.95. The Hall–Kier alpha value is -1.55. The molecular formula is C15H22N2O2. The van der Waals surface area contributed by atoms with Gasteiger partial charge in [0.15, 0.2) is 0 Å². The van der Waals surface area contributed by atoms with Gasteiger partial charge in [-0.05, 0) is 37.1 Å². The van der Waals surface area contributed by atoms with Crippen LogP contribution in [0.5, 0.6) is 5.75 Å². The maximum absolute atomic E-state index is 12.4. The number of carbonyl (C=O) groups is 1. The predicted octanol–water partition coefficient (Wildman–Crippen LogP) is 1.83. The van der Waals surface area contributed by atoms with Gasteiger partial charge >= 0.3 is 0 Å². The largest absolute Gasteiger partial charge is 0.495 e. The highest BCUT2D eigenvalue weighted by molar-refractivity contribution is 5.96. The van der Waals surface area contributed by atoms with Crippen molar-refractivity contribution in [1.82, 2.24) is 5.32 Å². The zero-order valence-corrected chi connectivity index (χ0v) is 11.9. The summed E-state index contributed by atoms with van der Waals surface area (Å²) in [5.74, 6) is 0.996. The lowest BCUT2D eigenvalue weighted by atomic mass is 10.1. The van der Waals surface area contributed by atoms with Crippen molar-refractivity contribution in [1.29, 1.82) is 0 Å². The number of anilines is 1. The highest BCUT2D eigenvalue weighted by Crippen LogP contribution is 2.30. The van der Waals surface area contributed by atoms with Crippen LogP contribution in [0.4, 0.5) is 5.69 Å². The number of ether oxygens (including phenoxy) is 1. The lowest BCUT2D eigenvalue weighted by Crippen LogP contribution is -2.34. The first-order valence-corrected chi connectivity index (χ1v) is 6.82. The van der Waals surface area contributed by atoms with E-state index in [4.69, 9.17) is 4.74 Å². The van der Waals surface area contributed by atoms with Gasteiger partial charge in [0.1, 0.15) is 5.75 Å². The van der Waals surface area contributed by atoms with Gasteiger partial charge < -0.3 is 15.0 Å². The van der Waals surface area contributed by atoms with Gasteiger partial charge in [-0.3, -0.25) is 4.79 Å². The Morgan fingerprint density at radius 1 is 1.53 bits per heavy atom. The van der Waals surface area contributed by atoms with E-state index >= 15 is 0 Å². The van der Waals surface area contributed by atoms with Crippen molar-refractivity contribution in [2.24, 2.45) is 5.92 Å². The highest BCUT2D eigenvalue weighted by Gasteiger charge is 2.27. The standard InChI is InChI=1S/C15H22N2O2/c1-4-11-5-6-14(19-3)13(9-11)17(2)15(18)12-7-8-16-10-12/h5-6,9,12,16H,4,7-8,10H2,1-3H3. The van der Waals surface area contributed by atoms with Crippen molar-refractivity contribution >= 4 is 11.6 Å². The summed E-state index contributed by atoms with van der Waals surface area (Å²) in [5, 5.41) is 3.23. The molecule has 0 aromatic heterocycles. The fourth-order valence-corrected chi connectivity index (χ4v) is 2.48. The molecule has 1 heterocycles. The summed E-state index contributed by atoms with van der Waals surface area (Å²) in [6, 6.07) is 6.02. The number of benzene rings is 1. The summed E-state index contributed by atoms with van der Waals surface area (Å²) in [4.78, 5) is 14.2. The first kappa shape index (κ1) is 13.9. The molecule has 1 aliphatic rings. The molecule has 1 atom stereocenters. The van der Waals surface area contributed by atoms with Crippen LogP contribution in [0.3, 0.4) is 0 Å². The first-order valence-electron chi connectivity index (χ1n) is 6.82. The second kappa shape index (κ2) is 6.06. The fourth-order valence-electron chi connectivity index (χ4n) is 2.48. The van der Waals surface area contributed by atoms with Crippen LogP contribution >= 0.6 is 0 Å². The molecule has 0 saturated carbocycles. The van der Waals surface area contributed by atoms with Gasteiger partial charge in [0, 0.05) is 13.6 Å². The van der Waals surface area contributed by atoms with Gasteiger partial charge in [-0.1, -0.05) is 13.0 Å². The summed E-state index contributed by atoms with van der Waals surface area (Å²) in [6.45, 7) is 3.81. The maximum Gasteiger partial charge on any atom is 0.231 e. The van der Waals surface area contributed by atoms with Gasteiger partial charge in [0.05, 0.1) is 18.7 Å². The molecule has 4 nitrogen and oxygen atoms in total. The predicted molar refractivity (Wildman–Crippen MR) is 76.8 cm³/mol. The summed E-state index contributed by atoms with van der Waals surface area (Å²) in [6.07, 6.45) is 1.86. The Kier molecular flexibility index (Phi) is 4.43. The zero-order chi connectivity index (χ0) is 13.8. The van der Waals surface area contributed by atoms with Crippen molar-refractivity contribution < 1.29 is 9.53 Å². The molecule has 19 heavy (non-hydrogen) atoms. The molecule has 1 amide bonds. The smallest absolute Gasteiger partial charge is 0.231 e. The minimum absolute atomic E-state index is 0.0833. The van der Waals surface area contributed by atoms with Crippen molar-refractivity contribution in [2.75, 3.05) is 32.1 Å². The van der Waals surface area contributed by atoms with Crippen LogP contribution in [0.1, 0.15) is 18.9 Å². The Balaban J connectivity index is 2.25. The summed E-state index contributed by atoms with van der Waals surface area (Å²) >= 11 is 0. The van der Waals surface area contributed by atoms with E-state index in [1.807, 2.05) is 25.2 Å². The second-order valence-corrected chi connectivity index (χ2v) is 4.95. The van der Waals surface area contributed by atoms with E-state index < -0.39 is 0 Å². The molecule has 1 fully saturated rings. The van der Waals surface area contributed by atoms with Crippen LogP contribution in [0.25, 0.3) is 0 Å². The van der Waals surface area contributed by atoms with E-state index in [2.05, 4.69) is 12.2 Å². The lowest BCUT2D eigenvalue weighted by molar-refractivity contribution is -0.121. The van der Waals surface area contributed by atoms with E-state index in [1.165, 1.54) is 5.56 Å². The molecule has 0 radical (unpaired) electrons. The molecule has 0 bridgehead atoms. The van der Waals surface area contributed by atoms with Gasteiger partial charge in [-0.2, -0.15) is 0 Å². The van der Waals surface area contributed by atoms with Crippen molar-refractivity contribution in [3.63, 3.8) is 0 Å². The molecule has 0 spiro atoms. The van der Waals surface area contributed by atoms with Crippen LogP contribution in [-0.4, -0.2) is 33.2 Å². The Bertz CT molecular complexity index is 453. The Morgan fingerprint density at radius 2 is 2.32 bits per heavy atom. The summed E-state index contributed by atoms with van der Waals surface area (Å²) in [5.41, 5.74) is 2.07. The third-order valence-electron chi connectivity index (χ3n) is 3.75. The summed E-state index contributed by atoms with van der Waals surface area (Å²) in [7, 11) is 3.47. The van der Waals surface area contributed by atoms with Gasteiger partial charge in [-0.25, -0.2) is 0 Å². The highest BCUT2D eigenvalue weighted by atomic mass is 16.5. The molecular weight excluding hydrogens is 240 g/mol. The number of rotatable bonds is 4. The summed E-state index contributed by atoms with van der Waals surface area (Å²) < 4.78 is 5.37. The number of carbonyl (C=O) groups excluding carboxylic acids is 1. The molecule has 104 valence electrons. The topological polar surface area (TPSA) is 41.6 Å². The number of aryl methyl sites for hydroxylation is 1. The maximum atomic E-state index is 12.4. The van der Waals surface area contributed by atoms with E-state index in [0.29, 0.717) is 0 Å². The average Bonchev–Trinajstić information content (AvgIpc) is 2.99. The SMILES string of the molecule is CCc1ccc(OC)c(N(C)C(=O)C2CCNC2)c1. The van der Waals surface area contributed by atoms with Crippen molar-refractivity contribution in [3.05, 3.63) is 23.8 Å². The molecule has 1 saturated heterocycles. The van der Waals surface area contributed by atoms with Crippen LogP contribution in [0.2, 0.25) is 0 Å². The number of nitrogens with zero attached hydrogens (tertiary/aromatic N) is 1. The number of amides is 1. The normalized spacial score (nSPS) is 18.4. The third kappa shape index (κ3) is 2.89. The molecule has 1 unspecified atom stereocenters. The molecule has 0 aliphatic carbocycles. The van der Waals surface area contributed by atoms with Crippen LogP contribution in [0.15, 0.2) is 18.2 Å². The average molecular weight is 262 g/mol. The molecule has 1 aromatic rings. The monoisotopic (exact) mass is 262 g/mol. The molecule has 1 aliphatic heterocycles. The van der Waals surface area contributed by atoms with E-state index in [-0.39, 0.29) is 11.8 Å². The number of hydrogen-bond acceptors (Lipinski definition) is 3. The Labute approximate surface area is 114 Å². The minimum Gasteiger partial charge on any atom is -0.495 e. The van der Waals surface area contributed by atoms with Crippen molar-refractivity contribution in [3.8, 4) is 5.75 Å². The third-order valence-corrected chi connectivity index (χ3v) is 3.75. The molecule has 1 N–H and O–H groups in total. The molecule has 2 rings (SSSR count). The minimum atomic E-state index is 0.0833. The molecule has 4 heteroatoms. The first-order chi connectivity index (χ1) is 9.17. The van der Waals surface area contributed by atoms with Crippen LogP contribution in [0, 0.1) is 5.92 Å². The van der Waals surface area contributed by atoms with E-state index in [1.54, 1.807) is 12.0 Å². The van der Waals surface area contributed by atoms with E-state index in [0.717, 1.165) is 37.4 Å². The Morgan fingerprint density at radius 3 is 2.89 bits per heavy atom. The van der Waals surface area contributed by atoms with Crippen molar-refractivity contribution in [2.45, 2.75) is 19.8 Å². The van der Waals surface area contributed by atoms with E-state index in [9.17, 15) is 4.79 Å². The lowest BCUT2D eigenvalue weighted by Gasteiger charge is -2.23. The quantitative estimate of drug-likeness (QED) is 0.900. The van der Waals surface area contributed by atoms with Gasteiger partial charge in [0.2, 0.25) is 5.91 Å². The number of hydrogen-bond donors (Lipinski definition) is 1. The van der Waals surface area contributed by atoms with Gasteiger partial charge in [0.25, 0.3) is 0 Å². The van der Waals surface area contributed by atoms with Crippen LogP contribution in [-0.2, 0) is 11.2 Å².